The molecular formula is C12H24N2O2. The molecule has 2 N–H and O–H groups in total. The van der Waals surface area contributed by atoms with E-state index in [0.29, 0.717) is 12.1 Å². The van der Waals surface area contributed by atoms with E-state index in [1.165, 1.54) is 0 Å². The molecule has 94 valence electrons. The van der Waals surface area contributed by atoms with Crippen molar-refractivity contribution in [2.24, 2.45) is 0 Å². The van der Waals surface area contributed by atoms with Crippen LogP contribution in [0, 0.1) is 0 Å². The number of carbonyl (C=O) groups is 1. The Hall–Kier alpha value is -0.610. The predicted molar refractivity (Wildman–Crippen MR) is 64.3 cm³/mol. The molecule has 0 radical (unpaired) electrons. The van der Waals surface area contributed by atoms with Crippen LogP contribution in [0.15, 0.2) is 0 Å². The van der Waals surface area contributed by atoms with E-state index < -0.39 is 0 Å². The molecule has 0 spiro atoms. The van der Waals surface area contributed by atoms with Crippen molar-refractivity contribution in [3.05, 3.63) is 0 Å². The third-order valence-corrected chi connectivity index (χ3v) is 2.96. The Bertz CT molecular complexity index is 231. The highest BCUT2D eigenvalue weighted by atomic mass is 16.5. The molecule has 0 bridgehead atoms. The summed E-state index contributed by atoms with van der Waals surface area (Å²) in [7, 11) is 0. The summed E-state index contributed by atoms with van der Waals surface area (Å²) in [5, 5.41) is 6.46. The predicted octanol–water partition coefficient (Wildman–Crippen LogP) is 1.06. The first-order valence-corrected chi connectivity index (χ1v) is 6.16. The summed E-state index contributed by atoms with van der Waals surface area (Å²) in [6, 6.07) is 1.13. The van der Waals surface area contributed by atoms with E-state index in [1.54, 1.807) is 0 Å². The highest BCUT2D eigenvalue weighted by molar-refractivity contribution is 5.77. The molecule has 1 aliphatic heterocycles. The molecule has 1 rings (SSSR count). The van der Waals surface area contributed by atoms with E-state index in [1.807, 2.05) is 13.8 Å². The van der Waals surface area contributed by atoms with Crippen LogP contribution in [0.2, 0.25) is 0 Å². The third kappa shape index (κ3) is 4.49. The fraction of sp³-hybridized carbons (Fsp3) is 0.917. The van der Waals surface area contributed by atoms with Gasteiger partial charge >= 0.3 is 0 Å². The number of ether oxygens (including phenoxy) is 1. The van der Waals surface area contributed by atoms with Crippen molar-refractivity contribution in [2.75, 3.05) is 6.61 Å². The number of hydrogen-bond donors (Lipinski definition) is 2. The summed E-state index contributed by atoms with van der Waals surface area (Å²) in [5.41, 5.74) is 0. The SMILES string of the molecule is CC1CCC(NC(=O)COC(C)C)C(C)N1. The fourth-order valence-corrected chi connectivity index (χ4v) is 2.02. The Labute approximate surface area is 98.1 Å². The van der Waals surface area contributed by atoms with Gasteiger partial charge in [0.15, 0.2) is 0 Å². The van der Waals surface area contributed by atoms with Crippen molar-refractivity contribution < 1.29 is 9.53 Å². The lowest BCUT2D eigenvalue weighted by molar-refractivity contribution is -0.128. The quantitative estimate of drug-likeness (QED) is 0.756. The standard InChI is InChI=1S/C12H24N2O2/c1-8(2)16-7-12(15)14-11-6-5-9(3)13-10(11)4/h8-11,13H,5-7H2,1-4H3,(H,14,15). The van der Waals surface area contributed by atoms with E-state index >= 15 is 0 Å². The monoisotopic (exact) mass is 228 g/mol. The lowest BCUT2D eigenvalue weighted by atomic mass is 9.95. The first-order chi connectivity index (χ1) is 7.49. The van der Waals surface area contributed by atoms with Gasteiger partial charge in [0.1, 0.15) is 6.61 Å². The first-order valence-electron chi connectivity index (χ1n) is 6.16. The second kappa shape index (κ2) is 6.21. The summed E-state index contributed by atoms with van der Waals surface area (Å²) in [6.45, 7) is 8.32. The van der Waals surface area contributed by atoms with Gasteiger partial charge in [0.05, 0.1) is 6.10 Å². The van der Waals surface area contributed by atoms with Crippen molar-refractivity contribution >= 4 is 5.91 Å². The molecule has 1 heterocycles. The molecule has 4 nitrogen and oxygen atoms in total. The Morgan fingerprint density at radius 1 is 1.44 bits per heavy atom. The van der Waals surface area contributed by atoms with E-state index in [0.717, 1.165) is 12.8 Å². The molecule has 0 aromatic heterocycles. The van der Waals surface area contributed by atoms with Gasteiger partial charge < -0.3 is 15.4 Å². The minimum absolute atomic E-state index is 0.0121. The lowest BCUT2D eigenvalue weighted by Crippen LogP contribution is -2.55. The summed E-state index contributed by atoms with van der Waals surface area (Å²) in [5.74, 6) is -0.0121. The van der Waals surface area contributed by atoms with Gasteiger partial charge in [-0.25, -0.2) is 0 Å². The Morgan fingerprint density at radius 3 is 2.69 bits per heavy atom. The van der Waals surface area contributed by atoms with Crippen LogP contribution in [0.4, 0.5) is 0 Å². The summed E-state index contributed by atoms with van der Waals surface area (Å²) >= 11 is 0. The minimum atomic E-state index is -0.0121. The summed E-state index contributed by atoms with van der Waals surface area (Å²) < 4.78 is 5.27. The van der Waals surface area contributed by atoms with E-state index in [-0.39, 0.29) is 24.7 Å². The molecule has 0 aliphatic carbocycles. The van der Waals surface area contributed by atoms with Crippen molar-refractivity contribution in [2.45, 2.75) is 64.8 Å². The van der Waals surface area contributed by atoms with Gasteiger partial charge in [-0.05, 0) is 40.5 Å². The molecule has 4 heteroatoms. The molecular weight excluding hydrogens is 204 g/mol. The van der Waals surface area contributed by atoms with Crippen LogP contribution in [-0.4, -0.2) is 36.7 Å². The van der Waals surface area contributed by atoms with Crippen molar-refractivity contribution in [3.63, 3.8) is 0 Å². The fourth-order valence-electron chi connectivity index (χ4n) is 2.02. The summed E-state index contributed by atoms with van der Waals surface area (Å²) in [4.78, 5) is 11.6. The molecule has 1 amide bonds. The maximum Gasteiger partial charge on any atom is 0.246 e. The van der Waals surface area contributed by atoms with Gasteiger partial charge in [0.25, 0.3) is 0 Å². The highest BCUT2D eigenvalue weighted by Crippen LogP contribution is 2.12. The molecule has 0 aromatic rings. The molecule has 3 unspecified atom stereocenters. The molecule has 3 atom stereocenters. The van der Waals surface area contributed by atoms with Crippen molar-refractivity contribution in [3.8, 4) is 0 Å². The second-order valence-electron chi connectivity index (χ2n) is 4.97. The number of piperidine rings is 1. The van der Waals surface area contributed by atoms with Gasteiger partial charge in [-0.2, -0.15) is 0 Å². The zero-order valence-corrected chi connectivity index (χ0v) is 10.7. The average molecular weight is 228 g/mol. The smallest absolute Gasteiger partial charge is 0.246 e. The average Bonchev–Trinajstić information content (AvgIpc) is 2.19. The number of nitrogens with one attached hydrogen (secondary N) is 2. The number of hydrogen-bond acceptors (Lipinski definition) is 3. The Morgan fingerprint density at radius 2 is 2.12 bits per heavy atom. The normalized spacial score (nSPS) is 30.4. The van der Waals surface area contributed by atoms with Crippen LogP contribution < -0.4 is 10.6 Å². The highest BCUT2D eigenvalue weighted by Gasteiger charge is 2.25. The first kappa shape index (κ1) is 13.5. The van der Waals surface area contributed by atoms with Gasteiger partial charge in [-0.1, -0.05) is 0 Å². The molecule has 0 saturated carbocycles. The topological polar surface area (TPSA) is 50.4 Å². The van der Waals surface area contributed by atoms with Gasteiger partial charge in [0, 0.05) is 18.1 Å². The van der Waals surface area contributed by atoms with Crippen LogP contribution in [0.5, 0.6) is 0 Å². The number of carbonyl (C=O) groups excluding carboxylic acids is 1. The third-order valence-electron chi connectivity index (χ3n) is 2.96. The lowest BCUT2D eigenvalue weighted by Gasteiger charge is -2.34. The van der Waals surface area contributed by atoms with Crippen molar-refractivity contribution in [1.29, 1.82) is 0 Å². The maximum absolute atomic E-state index is 11.6. The van der Waals surface area contributed by atoms with Crippen molar-refractivity contribution in [1.82, 2.24) is 10.6 Å². The Balaban J connectivity index is 2.28. The second-order valence-corrected chi connectivity index (χ2v) is 4.97. The van der Waals surface area contributed by atoms with E-state index in [4.69, 9.17) is 4.74 Å². The van der Waals surface area contributed by atoms with Gasteiger partial charge in [0.2, 0.25) is 5.91 Å². The summed E-state index contributed by atoms with van der Waals surface area (Å²) in [6.07, 6.45) is 2.26. The molecule has 1 aliphatic rings. The van der Waals surface area contributed by atoms with Crippen LogP contribution in [0.3, 0.4) is 0 Å². The van der Waals surface area contributed by atoms with Crippen LogP contribution >= 0.6 is 0 Å². The number of rotatable bonds is 4. The largest absolute Gasteiger partial charge is 0.369 e. The maximum atomic E-state index is 11.6. The molecule has 1 saturated heterocycles. The number of amides is 1. The van der Waals surface area contributed by atoms with Crippen LogP contribution in [-0.2, 0) is 9.53 Å². The van der Waals surface area contributed by atoms with Gasteiger partial charge in [-0.3, -0.25) is 4.79 Å². The van der Waals surface area contributed by atoms with E-state index in [9.17, 15) is 4.79 Å². The van der Waals surface area contributed by atoms with Gasteiger partial charge in [-0.15, -0.1) is 0 Å². The van der Waals surface area contributed by atoms with Crippen LogP contribution in [0.25, 0.3) is 0 Å². The zero-order valence-electron chi connectivity index (χ0n) is 10.7. The van der Waals surface area contributed by atoms with Crippen LogP contribution in [0.1, 0.15) is 40.5 Å². The zero-order chi connectivity index (χ0) is 12.1. The Kier molecular flexibility index (Phi) is 5.22. The van der Waals surface area contributed by atoms with E-state index in [2.05, 4.69) is 24.5 Å². The molecule has 16 heavy (non-hydrogen) atoms. The molecule has 0 aromatic carbocycles. The molecule has 1 fully saturated rings. The minimum Gasteiger partial charge on any atom is -0.369 e.